The predicted octanol–water partition coefficient (Wildman–Crippen LogP) is 1.71. The lowest BCUT2D eigenvalue weighted by atomic mass is 10.0. The van der Waals surface area contributed by atoms with Crippen molar-refractivity contribution in [2.45, 2.75) is 12.8 Å². The molecule has 0 atom stereocenters. The second kappa shape index (κ2) is 6.78. The first-order chi connectivity index (χ1) is 10.1. The molecule has 1 aliphatic rings. The van der Waals surface area contributed by atoms with Gasteiger partial charge in [0.25, 0.3) is 0 Å². The molecule has 0 spiro atoms. The second-order valence-corrected chi connectivity index (χ2v) is 4.34. The molecule has 1 aromatic carbocycles. The van der Waals surface area contributed by atoms with Gasteiger partial charge in [-0.1, -0.05) is 0 Å². The van der Waals surface area contributed by atoms with E-state index in [1.165, 1.54) is 20.3 Å². The Morgan fingerprint density at radius 3 is 2.57 bits per heavy atom. The number of fused-ring (bicyclic) bond motifs is 1. The number of benzene rings is 1. The summed E-state index contributed by atoms with van der Waals surface area (Å²) >= 11 is 0. The third-order valence-electron chi connectivity index (χ3n) is 3.06. The SMILES string of the molecule is COC(=O)/C=C/c1cc2c(cc1CCC(=O)OC)OCO2. The van der Waals surface area contributed by atoms with Crippen molar-refractivity contribution in [3.8, 4) is 11.5 Å². The fourth-order valence-electron chi connectivity index (χ4n) is 1.94. The summed E-state index contributed by atoms with van der Waals surface area (Å²) in [5, 5.41) is 0. The molecule has 0 aliphatic carbocycles. The van der Waals surface area contributed by atoms with E-state index in [1.807, 2.05) is 6.07 Å². The van der Waals surface area contributed by atoms with Gasteiger partial charge in [-0.15, -0.1) is 0 Å². The molecule has 1 heterocycles. The Hall–Kier alpha value is -2.50. The summed E-state index contributed by atoms with van der Waals surface area (Å²) < 4.78 is 19.8. The van der Waals surface area contributed by atoms with Gasteiger partial charge in [-0.25, -0.2) is 4.79 Å². The van der Waals surface area contributed by atoms with Gasteiger partial charge in [0, 0.05) is 12.5 Å². The molecule has 0 amide bonds. The fraction of sp³-hybridized carbons (Fsp3) is 0.333. The molecule has 21 heavy (non-hydrogen) atoms. The average Bonchev–Trinajstić information content (AvgIpc) is 2.96. The van der Waals surface area contributed by atoms with Gasteiger partial charge in [0.1, 0.15) is 0 Å². The number of carbonyl (C=O) groups excluding carboxylic acids is 2. The Labute approximate surface area is 122 Å². The monoisotopic (exact) mass is 292 g/mol. The first kappa shape index (κ1) is 14.9. The minimum absolute atomic E-state index is 0.163. The van der Waals surface area contributed by atoms with Crippen LogP contribution in [0.3, 0.4) is 0 Å². The molecule has 0 aromatic heterocycles. The number of rotatable bonds is 5. The van der Waals surface area contributed by atoms with E-state index in [0.29, 0.717) is 17.9 Å². The molecule has 0 saturated heterocycles. The Morgan fingerprint density at radius 1 is 1.19 bits per heavy atom. The van der Waals surface area contributed by atoms with E-state index in [9.17, 15) is 9.59 Å². The lowest BCUT2D eigenvalue weighted by Crippen LogP contribution is -2.03. The molecule has 1 aromatic rings. The summed E-state index contributed by atoms with van der Waals surface area (Å²) in [6.45, 7) is 0.163. The molecule has 0 unspecified atom stereocenters. The molecule has 0 fully saturated rings. The number of aryl methyl sites for hydroxylation is 1. The van der Waals surface area contributed by atoms with Gasteiger partial charge in [-0.2, -0.15) is 0 Å². The molecule has 2 rings (SSSR count). The smallest absolute Gasteiger partial charge is 0.330 e. The van der Waals surface area contributed by atoms with Gasteiger partial charge in [0.05, 0.1) is 14.2 Å². The number of hydrogen-bond donors (Lipinski definition) is 0. The van der Waals surface area contributed by atoms with E-state index in [4.69, 9.17) is 9.47 Å². The zero-order chi connectivity index (χ0) is 15.2. The minimum Gasteiger partial charge on any atom is -0.469 e. The van der Waals surface area contributed by atoms with Gasteiger partial charge in [-0.3, -0.25) is 4.79 Å². The highest BCUT2D eigenvalue weighted by atomic mass is 16.7. The van der Waals surface area contributed by atoms with Crippen LogP contribution in [0.2, 0.25) is 0 Å². The summed E-state index contributed by atoms with van der Waals surface area (Å²) in [5.41, 5.74) is 1.64. The van der Waals surface area contributed by atoms with E-state index in [2.05, 4.69) is 9.47 Å². The van der Waals surface area contributed by atoms with E-state index < -0.39 is 5.97 Å². The third-order valence-corrected chi connectivity index (χ3v) is 3.06. The highest BCUT2D eigenvalue weighted by molar-refractivity contribution is 5.87. The molecule has 0 saturated carbocycles. The maximum atomic E-state index is 11.3. The van der Waals surface area contributed by atoms with Crippen LogP contribution in [-0.2, 0) is 25.5 Å². The quantitative estimate of drug-likeness (QED) is 0.607. The normalized spacial score (nSPS) is 12.5. The Balaban J connectivity index is 2.25. The van der Waals surface area contributed by atoms with E-state index in [1.54, 1.807) is 12.1 Å². The summed E-state index contributed by atoms with van der Waals surface area (Å²) in [6.07, 6.45) is 3.67. The molecule has 0 radical (unpaired) electrons. The topological polar surface area (TPSA) is 71.1 Å². The maximum Gasteiger partial charge on any atom is 0.330 e. The van der Waals surface area contributed by atoms with Crippen molar-refractivity contribution in [2.75, 3.05) is 21.0 Å². The number of ether oxygens (including phenoxy) is 4. The number of esters is 2. The van der Waals surface area contributed by atoms with Crippen LogP contribution in [0.15, 0.2) is 18.2 Å². The van der Waals surface area contributed by atoms with Crippen molar-refractivity contribution in [3.05, 3.63) is 29.3 Å². The van der Waals surface area contributed by atoms with Crippen LogP contribution in [0.25, 0.3) is 6.08 Å². The van der Waals surface area contributed by atoms with Crippen LogP contribution in [0, 0.1) is 0 Å². The molecule has 6 heteroatoms. The highest BCUT2D eigenvalue weighted by Gasteiger charge is 2.17. The van der Waals surface area contributed by atoms with E-state index in [-0.39, 0.29) is 19.2 Å². The molecule has 112 valence electrons. The highest BCUT2D eigenvalue weighted by Crippen LogP contribution is 2.35. The number of methoxy groups -OCH3 is 2. The van der Waals surface area contributed by atoms with Gasteiger partial charge >= 0.3 is 11.9 Å². The van der Waals surface area contributed by atoms with Crippen LogP contribution in [0.4, 0.5) is 0 Å². The predicted molar refractivity (Wildman–Crippen MR) is 74.0 cm³/mol. The molecule has 6 nitrogen and oxygen atoms in total. The Bertz CT molecular complexity index is 576. The third kappa shape index (κ3) is 3.75. The van der Waals surface area contributed by atoms with Crippen molar-refractivity contribution in [1.82, 2.24) is 0 Å². The second-order valence-electron chi connectivity index (χ2n) is 4.34. The van der Waals surface area contributed by atoms with Crippen molar-refractivity contribution < 1.29 is 28.5 Å². The van der Waals surface area contributed by atoms with Crippen LogP contribution in [0.1, 0.15) is 17.5 Å². The molecule has 0 bridgehead atoms. The lowest BCUT2D eigenvalue weighted by molar-refractivity contribution is -0.140. The van der Waals surface area contributed by atoms with Crippen LogP contribution >= 0.6 is 0 Å². The maximum absolute atomic E-state index is 11.3. The van der Waals surface area contributed by atoms with Crippen molar-refractivity contribution >= 4 is 18.0 Å². The van der Waals surface area contributed by atoms with Gasteiger partial charge in [0.15, 0.2) is 11.5 Å². The summed E-state index contributed by atoms with van der Waals surface area (Å²) in [7, 11) is 2.66. The van der Waals surface area contributed by atoms with Gasteiger partial charge < -0.3 is 18.9 Å². The standard InChI is InChI=1S/C15H16O6/c1-18-14(16)5-3-10-7-12-13(21-9-20-12)8-11(10)4-6-15(17)19-2/h3,5,7-8H,4,6,9H2,1-2H3/b5-3+. The molecular weight excluding hydrogens is 276 g/mol. The van der Waals surface area contributed by atoms with Crippen molar-refractivity contribution in [1.29, 1.82) is 0 Å². The molecule has 0 N–H and O–H groups in total. The summed E-state index contributed by atoms with van der Waals surface area (Å²) in [4.78, 5) is 22.5. The first-order valence-corrected chi connectivity index (χ1v) is 6.39. The molecular formula is C15H16O6. The molecule has 1 aliphatic heterocycles. The lowest BCUT2D eigenvalue weighted by Gasteiger charge is -2.07. The van der Waals surface area contributed by atoms with Crippen LogP contribution in [0.5, 0.6) is 11.5 Å². The van der Waals surface area contributed by atoms with Gasteiger partial charge in [-0.05, 0) is 35.8 Å². The average molecular weight is 292 g/mol. The zero-order valence-electron chi connectivity index (χ0n) is 11.9. The van der Waals surface area contributed by atoms with Gasteiger partial charge in [0.2, 0.25) is 6.79 Å². The zero-order valence-corrected chi connectivity index (χ0v) is 11.9. The van der Waals surface area contributed by atoms with E-state index in [0.717, 1.165) is 11.1 Å². The van der Waals surface area contributed by atoms with Crippen molar-refractivity contribution in [2.24, 2.45) is 0 Å². The van der Waals surface area contributed by atoms with Crippen LogP contribution in [-0.4, -0.2) is 33.0 Å². The Kier molecular flexibility index (Phi) is 4.81. The van der Waals surface area contributed by atoms with Crippen molar-refractivity contribution in [3.63, 3.8) is 0 Å². The first-order valence-electron chi connectivity index (χ1n) is 6.39. The Morgan fingerprint density at radius 2 is 1.90 bits per heavy atom. The largest absolute Gasteiger partial charge is 0.469 e. The summed E-state index contributed by atoms with van der Waals surface area (Å²) in [6, 6.07) is 3.58. The number of carbonyl (C=O) groups is 2. The minimum atomic E-state index is -0.452. The fourth-order valence-corrected chi connectivity index (χ4v) is 1.94. The summed E-state index contributed by atoms with van der Waals surface area (Å²) in [5.74, 6) is 0.494. The number of hydrogen-bond acceptors (Lipinski definition) is 6. The van der Waals surface area contributed by atoms with Crippen LogP contribution < -0.4 is 9.47 Å². The van der Waals surface area contributed by atoms with E-state index >= 15 is 0 Å².